The van der Waals surface area contributed by atoms with Crippen molar-refractivity contribution in [3.8, 4) is 0 Å². The average molecular weight is 525 g/mol. The monoisotopic (exact) mass is 524 g/mol. The highest BCUT2D eigenvalue weighted by Gasteiger charge is 2.37. The summed E-state index contributed by atoms with van der Waals surface area (Å²) in [5.74, 6) is -1.10. The van der Waals surface area contributed by atoms with Crippen molar-refractivity contribution in [3.05, 3.63) is 107 Å². The van der Waals surface area contributed by atoms with Gasteiger partial charge in [-0.3, -0.25) is 14.7 Å². The molecule has 0 aliphatic carbocycles. The highest BCUT2D eigenvalue weighted by molar-refractivity contribution is 5.90. The molecule has 2 amide bonds. The van der Waals surface area contributed by atoms with Crippen molar-refractivity contribution in [1.82, 2.24) is 20.2 Å². The van der Waals surface area contributed by atoms with Crippen LogP contribution in [0.15, 0.2) is 85.1 Å². The number of para-hydroxylation sites is 2. The van der Waals surface area contributed by atoms with Gasteiger partial charge in [-0.25, -0.2) is 14.6 Å². The van der Waals surface area contributed by atoms with Gasteiger partial charge in [0.2, 0.25) is 5.91 Å². The first kappa shape index (κ1) is 25.8. The Morgan fingerprint density at radius 2 is 1.64 bits per heavy atom. The zero-order chi connectivity index (χ0) is 27.2. The van der Waals surface area contributed by atoms with Gasteiger partial charge < -0.3 is 14.8 Å². The van der Waals surface area contributed by atoms with E-state index in [0.29, 0.717) is 11.2 Å². The number of benzene rings is 3. The lowest BCUT2D eigenvalue weighted by Crippen LogP contribution is -2.56. The largest absolute Gasteiger partial charge is 0.467 e. The first-order chi connectivity index (χ1) is 19.0. The van der Waals surface area contributed by atoms with Crippen LogP contribution >= 0.6 is 0 Å². The lowest BCUT2D eigenvalue weighted by atomic mass is 9.93. The number of methoxy groups -OCH3 is 1. The van der Waals surface area contributed by atoms with Gasteiger partial charge in [0.1, 0.15) is 18.7 Å². The summed E-state index contributed by atoms with van der Waals surface area (Å²) in [5, 5.41) is 2.79. The molecule has 1 aliphatic rings. The molecular weight excluding hydrogens is 496 g/mol. The SMILES string of the molecule is COC(=O)[C@H](Cc1cnc2ccccc2n1)NC(=O)[C@@H]1Cc2ccccc2CN1C(=O)OCc1ccccc1. The number of carbonyl (C=O) groups is 3. The number of nitrogens with zero attached hydrogens (tertiary/aromatic N) is 3. The third-order valence-electron chi connectivity index (χ3n) is 6.70. The minimum absolute atomic E-state index is 0.0809. The van der Waals surface area contributed by atoms with Crippen molar-refractivity contribution in [1.29, 1.82) is 0 Å². The summed E-state index contributed by atoms with van der Waals surface area (Å²) in [7, 11) is 1.26. The van der Waals surface area contributed by atoms with Gasteiger partial charge in [-0.05, 0) is 28.8 Å². The molecule has 1 aromatic heterocycles. The molecule has 0 fully saturated rings. The van der Waals surface area contributed by atoms with Crippen LogP contribution in [0.5, 0.6) is 0 Å². The summed E-state index contributed by atoms with van der Waals surface area (Å²) in [5.41, 5.74) is 4.67. The highest BCUT2D eigenvalue weighted by Crippen LogP contribution is 2.25. The van der Waals surface area contributed by atoms with Crippen molar-refractivity contribution < 1.29 is 23.9 Å². The summed E-state index contributed by atoms with van der Waals surface area (Å²) < 4.78 is 10.5. The van der Waals surface area contributed by atoms with E-state index >= 15 is 0 Å². The summed E-state index contributed by atoms with van der Waals surface area (Å²) in [6, 6.07) is 22.5. The number of amides is 2. The number of nitrogens with one attached hydrogen (secondary N) is 1. The Balaban J connectivity index is 1.35. The number of hydrogen-bond acceptors (Lipinski definition) is 7. The Hall–Kier alpha value is -4.79. The maximum Gasteiger partial charge on any atom is 0.411 e. The van der Waals surface area contributed by atoms with E-state index in [0.717, 1.165) is 22.2 Å². The van der Waals surface area contributed by atoms with Crippen LogP contribution in [0.4, 0.5) is 4.79 Å². The second kappa shape index (κ2) is 11.7. The Morgan fingerprint density at radius 1 is 0.949 bits per heavy atom. The number of aromatic nitrogens is 2. The standard InChI is InChI=1S/C30H28N4O5/c1-38-29(36)26(16-23-17-31-24-13-7-8-14-25(24)32-23)33-28(35)27-15-21-11-5-6-12-22(21)18-34(27)30(37)39-19-20-9-3-2-4-10-20/h2-14,17,26-27H,15-16,18-19H2,1H3,(H,33,35)/t26-,27-/m0/s1. The lowest BCUT2D eigenvalue weighted by molar-refractivity contribution is -0.145. The minimum atomic E-state index is -1.02. The Morgan fingerprint density at radius 3 is 2.41 bits per heavy atom. The van der Waals surface area contributed by atoms with Crippen molar-refractivity contribution in [2.45, 2.75) is 38.1 Å². The van der Waals surface area contributed by atoms with E-state index in [2.05, 4.69) is 15.3 Å². The van der Waals surface area contributed by atoms with Gasteiger partial charge in [0.25, 0.3) is 0 Å². The summed E-state index contributed by atoms with van der Waals surface area (Å²) >= 11 is 0. The smallest absolute Gasteiger partial charge is 0.411 e. The molecule has 9 nitrogen and oxygen atoms in total. The molecule has 0 radical (unpaired) electrons. The molecule has 0 unspecified atom stereocenters. The zero-order valence-corrected chi connectivity index (χ0v) is 21.4. The predicted molar refractivity (Wildman–Crippen MR) is 143 cm³/mol. The van der Waals surface area contributed by atoms with Crippen molar-refractivity contribution in [2.24, 2.45) is 0 Å². The van der Waals surface area contributed by atoms with Gasteiger partial charge in [-0.15, -0.1) is 0 Å². The third kappa shape index (κ3) is 6.04. The molecule has 198 valence electrons. The fourth-order valence-electron chi connectivity index (χ4n) is 4.66. The fourth-order valence-corrected chi connectivity index (χ4v) is 4.66. The van der Waals surface area contributed by atoms with E-state index in [1.165, 1.54) is 12.0 Å². The Labute approximate surface area is 225 Å². The normalized spacial score (nSPS) is 15.2. The minimum Gasteiger partial charge on any atom is -0.467 e. The van der Waals surface area contributed by atoms with Gasteiger partial charge >= 0.3 is 12.1 Å². The molecule has 0 spiro atoms. The maximum atomic E-state index is 13.6. The van der Waals surface area contributed by atoms with Crippen LogP contribution in [-0.2, 0) is 45.1 Å². The molecule has 2 heterocycles. The van der Waals surface area contributed by atoms with Gasteiger partial charge in [0, 0.05) is 19.0 Å². The van der Waals surface area contributed by atoms with Crippen molar-refractivity contribution >= 4 is 29.0 Å². The molecule has 0 saturated heterocycles. The van der Waals surface area contributed by atoms with Crippen LogP contribution in [0.2, 0.25) is 0 Å². The summed E-state index contributed by atoms with van der Waals surface area (Å²) in [6.45, 7) is 0.290. The number of rotatable bonds is 7. The number of carbonyl (C=O) groups excluding carboxylic acids is 3. The number of hydrogen-bond donors (Lipinski definition) is 1. The summed E-state index contributed by atoms with van der Waals surface area (Å²) in [4.78, 5) is 49.9. The van der Waals surface area contributed by atoms with Gasteiger partial charge in [-0.1, -0.05) is 66.7 Å². The zero-order valence-electron chi connectivity index (χ0n) is 21.4. The molecule has 5 rings (SSSR count). The number of ether oxygens (including phenoxy) is 2. The molecule has 0 saturated carbocycles. The average Bonchev–Trinajstić information content (AvgIpc) is 2.98. The van der Waals surface area contributed by atoms with Crippen LogP contribution in [0.25, 0.3) is 11.0 Å². The van der Waals surface area contributed by atoms with E-state index in [9.17, 15) is 14.4 Å². The topological polar surface area (TPSA) is 111 Å². The third-order valence-corrected chi connectivity index (χ3v) is 6.70. The van der Waals surface area contributed by atoms with Gasteiger partial charge in [0.15, 0.2) is 0 Å². The molecule has 0 bridgehead atoms. The molecule has 39 heavy (non-hydrogen) atoms. The van der Waals surface area contributed by atoms with E-state index in [1.54, 1.807) is 6.20 Å². The van der Waals surface area contributed by atoms with Crippen LogP contribution in [-0.4, -0.2) is 52.0 Å². The van der Waals surface area contributed by atoms with E-state index in [1.807, 2.05) is 78.9 Å². The molecule has 4 aromatic rings. The van der Waals surface area contributed by atoms with Crippen LogP contribution in [0.1, 0.15) is 22.4 Å². The van der Waals surface area contributed by atoms with E-state index in [4.69, 9.17) is 9.47 Å². The molecule has 1 aliphatic heterocycles. The molecule has 1 N–H and O–H groups in total. The second-order valence-electron chi connectivity index (χ2n) is 9.30. The lowest BCUT2D eigenvalue weighted by Gasteiger charge is -2.35. The number of esters is 1. The predicted octanol–water partition coefficient (Wildman–Crippen LogP) is 3.59. The van der Waals surface area contributed by atoms with Crippen molar-refractivity contribution in [3.63, 3.8) is 0 Å². The first-order valence-electron chi connectivity index (χ1n) is 12.6. The number of fused-ring (bicyclic) bond motifs is 2. The molecule has 2 atom stereocenters. The van der Waals surface area contributed by atoms with Gasteiger partial charge in [0.05, 0.1) is 30.4 Å². The first-order valence-corrected chi connectivity index (χ1v) is 12.6. The molecular formula is C30H28N4O5. The molecule has 3 aromatic carbocycles. The van der Waals surface area contributed by atoms with Gasteiger partial charge in [-0.2, -0.15) is 0 Å². The maximum absolute atomic E-state index is 13.6. The second-order valence-corrected chi connectivity index (χ2v) is 9.30. The summed E-state index contributed by atoms with van der Waals surface area (Å²) in [6.07, 6.45) is 1.34. The van der Waals surface area contributed by atoms with Crippen LogP contribution < -0.4 is 5.32 Å². The van der Waals surface area contributed by atoms with E-state index in [-0.39, 0.29) is 26.0 Å². The fraction of sp³-hybridized carbons (Fsp3) is 0.233. The highest BCUT2D eigenvalue weighted by atomic mass is 16.6. The van der Waals surface area contributed by atoms with Crippen LogP contribution in [0, 0.1) is 0 Å². The van der Waals surface area contributed by atoms with E-state index < -0.39 is 30.1 Å². The van der Waals surface area contributed by atoms with Crippen LogP contribution in [0.3, 0.4) is 0 Å². The Bertz CT molecular complexity index is 1490. The Kier molecular flexibility index (Phi) is 7.77. The quantitative estimate of drug-likeness (QED) is 0.368. The molecule has 9 heteroatoms. The van der Waals surface area contributed by atoms with Crippen molar-refractivity contribution in [2.75, 3.05) is 7.11 Å².